The van der Waals surface area contributed by atoms with Crippen molar-refractivity contribution in [3.8, 4) is 0 Å². The first-order valence-electron chi connectivity index (χ1n) is 9.38. The summed E-state index contributed by atoms with van der Waals surface area (Å²) < 4.78 is 6.59. The lowest BCUT2D eigenvalue weighted by Crippen LogP contribution is -2.32. The fourth-order valence-electron chi connectivity index (χ4n) is 3.89. The van der Waals surface area contributed by atoms with E-state index in [1.54, 1.807) is 0 Å². The second-order valence-corrected chi connectivity index (χ2v) is 6.92. The molecule has 0 atom stereocenters. The zero-order valence-electron chi connectivity index (χ0n) is 15.5. The van der Waals surface area contributed by atoms with Gasteiger partial charge in [0.1, 0.15) is 5.60 Å². The van der Waals surface area contributed by atoms with E-state index in [9.17, 15) is 0 Å². The van der Waals surface area contributed by atoms with Crippen molar-refractivity contribution in [1.82, 2.24) is 4.90 Å². The minimum absolute atomic E-state index is 0. The zero-order valence-corrected chi connectivity index (χ0v) is 16.3. The molecule has 2 nitrogen and oxygen atoms in total. The van der Waals surface area contributed by atoms with Crippen LogP contribution in [0.15, 0.2) is 91.0 Å². The topological polar surface area (TPSA) is 12.5 Å². The number of nitrogens with zero attached hydrogens (tertiary/aromatic N) is 1. The Kier molecular flexibility index (Phi) is 6.68. The SMILES string of the molecule is Cl.c1ccc(CN2CCOC(c3ccccc3)(c3ccccc3)CC2)cc1. The molecule has 27 heavy (non-hydrogen) atoms. The van der Waals surface area contributed by atoms with Crippen molar-refractivity contribution in [3.05, 3.63) is 108 Å². The molecular formula is C24H26ClNO. The van der Waals surface area contributed by atoms with Crippen molar-refractivity contribution >= 4 is 12.4 Å². The average molecular weight is 380 g/mol. The summed E-state index contributed by atoms with van der Waals surface area (Å²) in [5.41, 5.74) is 3.48. The molecule has 1 fully saturated rings. The molecule has 1 saturated heterocycles. The van der Waals surface area contributed by atoms with Crippen LogP contribution in [-0.4, -0.2) is 24.6 Å². The van der Waals surface area contributed by atoms with Crippen molar-refractivity contribution in [2.45, 2.75) is 18.6 Å². The standard InChI is InChI=1S/C24H25NO.ClH/c1-4-10-21(11-5-1)20-25-17-16-24(26-19-18-25,22-12-6-2-7-13-22)23-14-8-3-9-15-23;/h1-15H,16-20H2;1H. The van der Waals surface area contributed by atoms with Gasteiger partial charge in [0.15, 0.2) is 0 Å². The molecule has 0 spiro atoms. The van der Waals surface area contributed by atoms with Crippen LogP contribution < -0.4 is 0 Å². The lowest BCUT2D eigenvalue weighted by atomic mass is 9.83. The van der Waals surface area contributed by atoms with Gasteiger partial charge in [0.2, 0.25) is 0 Å². The Hall–Kier alpha value is -2.13. The number of hydrogen-bond donors (Lipinski definition) is 0. The Balaban J connectivity index is 0.00000210. The Morgan fingerprint density at radius 3 is 1.78 bits per heavy atom. The Morgan fingerprint density at radius 2 is 1.22 bits per heavy atom. The molecule has 1 aliphatic rings. The molecule has 0 aliphatic carbocycles. The molecule has 0 aromatic heterocycles. The smallest absolute Gasteiger partial charge is 0.119 e. The molecule has 4 rings (SSSR count). The van der Waals surface area contributed by atoms with E-state index in [0.717, 1.165) is 32.7 Å². The van der Waals surface area contributed by atoms with E-state index in [2.05, 4.69) is 95.9 Å². The summed E-state index contributed by atoms with van der Waals surface area (Å²) in [7, 11) is 0. The van der Waals surface area contributed by atoms with Crippen molar-refractivity contribution in [3.63, 3.8) is 0 Å². The molecule has 3 aromatic rings. The second-order valence-electron chi connectivity index (χ2n) is 6.92. The quantitative estimate of drug-likeness (QED) is 0.611. The fourth-order valence-corrected chi connectivity index (χ4v) is 3.89. The van der Waals surface area contributed by atoms with Crippen LogP contribution in [0.2, 0.25) is 0 Å². The van der Waals surface area contributed by atoms with Gasteiger partial charge in [-0.1, -0.05) is 91.0 Å². The van der Waals surface area contributed by atoms with Gasteiger partial charge in [0.25, 0.3) is 0 Å². The summed E-state index contributed by atoms with van der Waals surface area (Å²) >= 11 is 0. The van der Waals surface area contributed by atoms with E-state index < -0.39 is 0 Å². The number of hydrogen-bond acceptors (Lipinski definition) is 2. The second kappa shape index (κ2) is 9.18. The van der Waals surface area contributed by atoms with E-state index in [-0.39, 0.29) is 18.0 Å². The Labute approximate surface area is 168 Å². The molecule has 0 unspecified atom stereocenters. The fraction of sp³-hybridized carbons (Fsp3) is 0.250. The molecule has 3 aromatic carbocycles. The van der Waals surface area contributed by atoms with Gasteiger partial charge in [-0.05, 0) is 23.1 Å². The summed E-state index contributed by atoms with van der Waals surface area (Å²) in [5.74, 6) is 0. The molecule has 0 bridgehead atoms. The highest BCUT2D eigenvalue weighted by molar-refractivity contribution is 5.85. The van der Waals surface area contributed by atoms with Crippen LogP contribution >= 0.6 is 12.4 Å². The summed E-state index contributed by atoms with van der Waals surface area (Å²) in [4.78, 5) is 2.50. The molecule has 140 valence electrons. The minimum Gasteiger partial charge on any atom is -0.364 e. The molecule has 0 N–H and O–H groups in total. The van der Waals surface area contributed by atoms with Gasteiger partial charge in [0.05, 0.1) is 6.61 Å². The molecule has 1 aliphatic heterocycles. The van der Waals surface area contributed by atoms with E-state index in [1.165, 1.54) is 16.7 Å². The van der Waals surface area contributed by atoms with Gasteiger partial charge >= 0.3 is 0 Å². The zero-order chi connectivity index (χ0) is 17.7. The maximum atomic E-state index is 6.59. The number of halogens is 1. The van der Waals surface area contributed by atoms with Gasteiger partial charge in [-0.3, -0.25) is 4.90 Å². The molecule has 3 heteroatoms. The first kappa shape index (κ1) is 19.6. The monoisotopic (exact) mass is 379 g/mol. The van der Waals surface area contributed by atoms with Crippen LogP contribution in [0.5, 0.6) is 0 Å². The highest BCUT2D eigenvalue weighted by Gasteiger charge is 2.37. The first-order chi connectivity index (χ1) is 12.9. The van der Waals surface area contributed by atoms with E-state index >= 15 is 0 Å². The summed E-state index contributed by atoms with van der Waals surface area (Å²) in [5, 5.41) is 0. The third kappa shape index (κ3) is 4.41. The maximum Gasteiger partial charge on any atom is 0.119 e. The molecule has 0 amide bonds. The van der Waals surface area contributed by atoms with Gasteiger partial charge < -0.3 is 4.74 Å². The lowest BCUT2D eigenvalue weighted by Gasteiger charge is -2.34. The van der Waals surface area contributed by atoms with Crippen molar-refractivity contribution < 1.29 is 4.74 Å². The number of benzene rings is 3. The largest absolute Gasteiger partial charge is 0.364 e. The highest BCUT2D eigenvalue weighted by atomic mass is 35.5. The molecule has 0 radical (unpaired) electrons. The van der Waals surface area contributed by atoms with Gasteiger partial charge in [0, 0.05) is 19.6 Å². The maximum absolute atomic E-state index is 6.59. The average Bonchev–Trinajstić information content (AvgIpc) is 2.94. The van der Waals surface area contributed by atoms with E-state index in [4.69, 9.17) is 4.74 Å². The predicted octanol–water partition coefficient (Wildman–Crippen LogP) is 5.27. The third-order valence-electron chi connectivity index (χ3n) is 5.27. The summed E-state index contributed by atoms with van der Waals surface area (Å²) in [6, 6.07) is 32.0. The third-order valence-corrected chi connectivity index (χ3v) is 5.27. The van der Waals surface area contributed by atoms with E-state index in [0.29, 0.717) is 0 Å². The van der Waals surface area contributed by atoms with Gasteiger partial charge in [-0.15, -0.1) is 12.4 Å². The minimum atomic E-state index is -0.367. The van der Waals surface area contributed by atoms with Crippen LogP contribution in [0.3, 0.4) is 0 Å². The highest BCUT2D eigenvalue weighted by Crippen LogP contribution is 2.38. The molecule has 0 saturated carbocycles. The summed E-state index contributed by atoms with van der Waals surface area (Å²) in [6.07, 6.45) is 0.952. The van der Waals surface area contributed by atoms with E-state index in [1.807, 2.05) is 0 Å². The lowest BCUT2D eigenvalue weighted by molar-refractivity contribution is -0.0101. The van der Waals surface area contributed by atoms with Crippen LogP contribution in [0.1, 0.15) is 23.1 Å². The Morgan fingerprint density at radius 1 is 0.704 bits per heavy atom. The molecule has 1 heterocycles. The van der Waals surface area contributed by atoms with Crippen molar-refractivity contribution in [2.24, 2.45) is 0 Å². The van der Waals surface area contributed by atoms with Gasteiger partial charge in [-0.25, -0.2) is 0 Å². The first-order valence-corrected chi connectivity index (χ1v) is 9.38. The normalized spacial score (nSPS) is 16.9. The van der Waals surface area contributed by atoms with Crippen molar-refractivity contribution in [1.29, 1.82) is 0 Å². The van der Waals surface area contributed by atoms with Crippen LogP contribution in [0.4, 0.5) is 0 Å². The number of rotatable bonds is 4. The van der Waals surface area contributed by atoms with Crippen LogP contribution in [-0.2, 0) is 16.9 Å². The number of ether oxygens (including phenoxy) is 1. The Bertz CT molecular complexity index is 768. The summed E-state index contributed by atoms with van der Waals surface area (Å²) in [6.45, 7) is 3.68. The van der Waals surface area contributed by atoms with Crippen molar-refractivity contribution in [2.75, 3.05) is 19.7 Å². The molecular weight excluding hydrogens is 354 g/mol. The van der Waals surface area contributed by atoms with Gasteiger partial charge in [-0.2, -0.15) is 0 Å². The van der Waals surface area contributed by atoms with Crippen LogP contribution in [0.25, 0.3) is 0 Å². The van der Waals surface area contributed by atoms with Crippen LogP contribution in [0, 0.1) is 0 Å². The predicted molar refractivity (Wildman–Crippen MR) is 113 cm³/mol.